The van der Waals surface area contributed by atoms with E-state index in [0.717, 1.165) is 41.1 Å². The highest BCUT2D eigenvalue weighted by atomic mass is 32.1. The Hall–Kier alpha value is -1.50. The Labute approximate surface area is 134 Å². The molecule has 118 valence electrons. The van der Waals surface area contributed by atoms with Crippen molar-refractivity contribution in [1.82, 2.24) is 20.5 Å². The minimum absolute atomic E-state index is 0.0340. The van der Waals surface area contributed by atoms with Gasteiger partial charge >= 0.3 is 0 Å². The van der Waals surface area contributed by atoms with Crippen LogP contribution in [-0.2, 0) is 0 Å². The molecule has 0 aromatic carbocycles. The first-order chi connectivity index (χ1) is 10.7. The van der Waals surface area contributed by atoms with E-state index in [1.807, 2.05) is 20.2 Å². The van der Waals surface area contributed by atoms with Crippen LogP contribution >= 0.6 is 11.3 Å². The molecule has 0 radical (unpaired) electrons. The van der Waals surface area contributed by atoms with Gasteiger partial charge in [0.15, 0.2) is 0 Å². The van der Waals surface area contributed by atoms with Gasteiger partial charge in [-0.05, 0) is 44.6 Å². The summed E-state index contributed by atoms with van der Waals surface area (Å²) < 4.78 is 0. The molecule has 22 heavy (non-hydrogen) atoms. The second-order valence-corrected chi connectivity index (χ2v) is 6.95. The predicted octanol–water partition coefficient (Wildman–Crippen LogP) is 1.66. The fraction of sp³-hybridized carbons (Fsp3) is 0.500. The van der Waals surface area contributed by atoms with Crippen molar-refractivity contribution in [2.24, 2.45) is 0 Å². The Morgan fingerprint density at radius 3 is 3.14 bits per heavy atom. The van der Waals surface area contributed by atoms with E-state index in [1.54, 1.807) is 6.20 Å². The fourth-order valence-electron chi connectivity index (χ4n) is 2.90. The molecule has 1 aliphatic rings. The summed E-state index contributed by atoms with van der Waals surface area (Å²) in [5.74, 6) is 0.444. The summed E-state index contributed by atoms with van der Waals surface area (Å²) in [6, 6.07) is 4.04. The first kappa shape index (κ1) is 15.4. The number of rotatable bonds is 5. The quantitative estimate of drug-likeness (QED) is 0.880. The van der Waals surface area contributed by atoms with Crippen LogP contribution < -0.4 is 10.6 Å². The highest BCUT2D eigenvalue weighted by Crippen LogP contribution is 2.37. The molecule has 0 bridgehead atoms. The van der Waals surface area contributed by atoms with Crippen molar-refractivity contribution in [3.63, 3.8) is 0 Å². The lowest BCUT2D eigenvalue weighted by Gasteiger charge is -2.13. The van der Waals surface area contributed by atoms with Crippen LogP contribution in [0.25, 0.3) is 10.2 Å². The van der Waals surface area contributed by atoms with Crippen LogP contribution in [0.2, 0.25) is 0 Å². The van der Waals surface area contributed by atoms with Crippen LogP contribution in [0.3, 0.4) is 0 Å². The number of aromatic nitrogens is 1. The van der Waals surface area contributed by atoms with Gasteiger partial charge in [0.25, 0.3) is 5.91 Å². The molecule has 0 unspecified atom stereocenters. The maximum atomic E-state index is 12.6. The van der Waals surface area contributed by atoms with E-state index in [4.69, 9.17) is 0 Å². The van der Waals surface area contributed by atoms with Crippen molar-refractivity contribution in [1.29, 1.82) is 0 Å². The Balaban J connectivity index is 1.90. The number of amides is 1. The topological polar surface area (TPSA) is 57.3 Å². The summed E-state index contributed by atoms with van der Waals surface area (Å²) in [6.45, 7) is 3.47. The van der Waals surface area contributed by atoms with E-state index in [-0.39, 0.29) is 5.91 Å². The standard InChI is InChI=1S/C16H22N4OS/c1-20(2)9-8-18-15(21)14-13(11-5-7-17-10-11)12-4-3-6-19-16(12)22-14/h3-4,6,11,17H,5,7-10H2,1-2H3,(H,18,21)/t11-/m1/s1. The molecule has 2 aromatic rings. The van der Waals surface area contributed by atoms with Gasteiger partial charge in [-0.3, -0.25) is 4.79 Å². The Bertz CT molecular complexity index is 661. The van der Waals surface area contributed by atoms with E-state index in [9.17, 15) is 4.79 Å². The first-order valence-corrected chi connectivity index (χ1v) is 8.49. The van der Waals surface area contributed by atoms with E-state index >= 15 is 0 Å². The van der Waals surface area contributed by atoms with Crippen LogP contribution in [0, 0.1) is 0 Å². The maximum Gasteiger partial charge on any atom is 0.261 e. The number of thiophene rings is 1. The van der Waals surface area contributed by atoms with E-state index < -0.39 is 0 Å². The Kier molecular flexibility index (Phi) is 4.71. The highest BCUT2D eigenvalue weighted by Gasteiger charge is 2.27. The molecule has 3 heterocycles. The number of carbonyl (C=O) groups excluding carboxylic acids is 1. The minimum atomic E-state index is 0.0340. The largest absolute Gasteiger partial charge is 0.350 e. The molecule has 1 aliphatic heterocycles. The third kappa shape index (κ3) is 3.14. The number of nitrogens with zero attached hydrogens (tertiary/aromatic N) is 2. The van der Waals surface area contributed by atoms with Crippen molar-refractivity contribution in [3.05, 3.63) is 28.8 Å². The minimum Gasteiger partial charge on any atom is -0.350 e. The molecule has 5 nitrogen and oxygen atoms in total. The SMILES string of the molecule is CN(C)CCNC(=O)c1sc2ncccc2c1[C@@H]1CCNC1. The Morgan fingerprint density at radius 1 is 1.55 bits per heavy atom. The molecule has 2 aromatic heterocycles. The summed E-state index contributed by atoms with van der Waals surface area (Å²) in [5.41, 5.74) is 1.18. The number of nitrogens with one attached hydrogen (secondary N) is 2. The number of pyridine rings is 1. The molecule has 2 N–H and O–H groups in total. The van der Waals surface area contributed by atoms with Gasteiger partial charge in [-0.25, -0.2) is 4.98 Å². The molecule has 0 aliphatic carbocycles. The van der Waals surface area contributed by atoms with Gasteiger partial charge in [-0.2, -0.15) is 0 Å². The fourth-order valence-corrected chi connectivity index (χ4v) is 4.05. The zero-order chi connectivity index (χ0) is 15.5. The molecule has 0 spiro atoms. The van der Waals surface area contributed by atoms with Crippen molar-refractivity contribution < 1.29 is 4.79 Å². The van der Waals surface area contributed by atoms with E-state index in [0.29, 0.717) is 12.5 Å². The third-order valence-electron chi connectivity index (χ3n) is 4.02. The number of carbonyl (C=O) groups is 1. The summed E-state index contributed by atoms with van der Waals surface area (Å²) in [4.78, 5) is 20.9. The zero-order valence-electron chi connectivity index (χ0n) is 13.1. The molecule has 1 fully saturated rings. The summed E-state index contributed by atoms with van der Waals surface area (Å²) in [5, 5.41) is 7.57. The Morgan fingerprint density at radius 2 is 2.41 bits per heavy atom. The second-order valence-electron chi connectivity index (χ2n) is 5.95. The van der Waals surface area contributed by atoms with Crippen molar-refractivity contribution >= 4 is 27.5 Å². The van der Waals surface area contributed by atoms with Crippen molar-refractivity contribution in [3.8, 4) is 0 Å². The monoisotopic (exact) mass is 318 g/mol. The van der Waals surface area contributed by atoms with Gasteiger partial charge in [0.1, 0.15) is 4.83 Å². The van der Waals surface area contributed by atoms with Crippen LogP contribution in [-0.4, -0.2) is 56.1 Å². The molecular formula is C16H22N4OS. The van der Waals surface area contributed by atoms with Gasteiger partial charge in [0, 0.05) is 31.2 Å². The molecule has 1 amide bonds. The number of likely N-dealkylation sites (N-methyl/N-ethyl adjacent to an activating group) is 1. The molecule has 1 saturated heterocycles. The lowest BCUT2D eigenvalue weighted by molar-refractivity contribution is 0.0954. The van der Waals surface area contributed by atoms with Gasteiger partial charge < -0.3 is 15.5 Å². The van der Waals surface area contributed by atoms with Gasteiger partial charge in [-0.1, -0.05) is 6.07 Å². The second kappa shape index (κ2) is 6.73. The molecule has 6 heteroatoms. The number of hydrogen-bond donors (Lipinski definition) is 2. The normalized spacial score (nSPS) is 18.2. The maximum absolute atomic E-state index is 12.6. The predicted molar refractivity (Wildman–Crippen MR) is 90.7 cm³/mol. The summed E-state index contributed by atoms with van der Waals surface area (Å²) in [7, 11) is 4.01. The smallest absolute Gasteiger partial charge is 0.261 e. The van der Waals surface area contributed by atoms with Crippen molar-refractivity contribution in [2.45, 2.75) is 12.3 Å². The molecule has 1 atom stereocenters. The number of fused-ring (bicyclic) bond motifs is 1. The molecular weight excluding hydrogens is 296 g/mol. The van der Waals surface area contributed by atoms with E-state index in [1.165, 1.54) is 16.9 Å². The van der Waals surface area contributed by atoms with Gasteiger partial charge in [-0.15, -0.1) is 11.3 Å². The van der Waals surface area contributed by atoms with Crippen LogP contribution in [0.15, 0.2) is 18.3 Å². The molecule has 3 rings (SSSR count). The average Bonchev–Trinajstić information content (AvgIpc) is 3.13. The third-order valence-corrected chi connectivity index (χ3v) is 5.15. The average molecular weight is 318 g/mol. The van der Waals surface area contributed by atoms with Gasteiger partial charge in [0.2, 0.25) is 0 Å². The van der Waals surface area contributed by atoms with Crippen LogP contribution in [0.1, 0.15) is 27.6 Å². The lowest BCUT2D eigenvalue weighted by atomic mass is 9.95. The van der Waals surface area contributed by atoms with Crippen LogP contribution in [0.4, 0.5) is 0 Å². The number of hydrogen-bond acceptors (Lipinski definition) is 5. The first-order valence-electron chi connectivity index (χ1n) is 7.68. The van der Waals surface area contributed by atoms with E-state index in [2.05, 4.69) is 26.6 Å². The zero-order valence-corrected chi connectivity index (χ0v) is 13.9. The lowest BCUT2D eigenvalue weighted by Crippen LogP contribution is -2.31. The van der Waals surface area contributed by atoms with Crippen LogP contribution in [0.5, 0.6) is 0 Å². The van der Waals surface area contributed by atoms with Gasteiger partial charge in [0.05, 0.1) is 4.88 Å². The summed E-state index contributed by atoms with van der Waals surface area (Å²) in [6.07, 6.45) is 2.88. The summed E-state index contributed by atoms with van der Waals surface area (Å²) >= 11 is 1.51. The molecule has 0 saturated carbocycles. The highest BCUT2D eigenvalue weighted by molar-refractivity contribution is 7.20. The van der Waals surface area contributed by atoms with Crippen molar-refractivity contribution in [2.75, 3.05) is 40.3 Å².